The molecule has 2 rings (SSSR count). The summed E-state index contributed by atoms with van der Waals surface area (Å²) in [6.07, 6.45) is 0.459. The summed E-state index contributed by atoms with van der Waals surface area (Å²) in [7, 11) is 0. The van der Waals surface area contributed by atoms with Crippen molar-refractivity contribution >= 4 is 17.5 Å². The van der Waals surface area contributed by atoms with Crippen molar-refractivity contribution in [1.29, 1.82) is 0 Å². The van der Waals surface area contributed by atoms with Gasteiger partial charge in [-0.25, -0.2) is 0 Å². The van der Waals surface area contributed by atoms with Crippen LogP contribution >= 0.6 is 11.6 Å². The lowest BCUT2D eigenvalue weighted by Crippen LogP contribution is -2.64. The highest BCUT2D eigenvalue weighted by molar-refractivity contribution is 6.18. The van der Waals surface area contributed by atoms with E-state index in [1.165, 1.54) is 0 Å². The number of nitrogens with zero attached hydrogens (tertiary/aromatic N) is 1. The summed E-state index contributed by atoms with van der Waals surface area (Å²) in [5.41, 5.74) is 0. The fraction of sp³-hybridized carbons (Fsp3) is 0.889. The molecule has 0 aromatic heterocycles. The maximum atomic E-state index is 11.3. The van der Waals surface area contributed by atoms with Gasteiger partial charge in [0.15, 0.2) is 0 Å². The Hall–Kier alpha value is -0.320. The number of alkyl halides is 1. The first-order valence-electron chi connectivity index (χ1n) is 4.97. The molecule has 0 unspecified atom stereocenters. The zero-order chi connectivity index (χ0) is 9.97. The zero-order valence-corrected chi connectivity index (χ0v) is 8.79. The summed E-state index contributed by atoms with van der Waals surface area (Å²) in [5, 5.41) is 3.43. The maximum Gasteiger partial charge on any atom is 0.223 e. The average molecular weight is 219 g/mol. The van der Waals surface area contributed by atoms with E-state index in [1.807, 2.05) is 4.90 Å². The summed E-state index contributed by atoms with van der Waals surface area (Å²) in [6.45, 7) is 3.27. The van der Waals surface area contributed by atoms with Gasteiger partial charge in [0.1, 0.15) is 0 Å². The first-order chi connectivity index (χ1) is 6.79. The summed E-state index contributed by atoms with van der Waals surface area (Å²) >= 11 is 5.49. The minimum absolute atomic E-state index is 0.169. The number of hydrogen-bond acceptors (Lipinski definition) is 3. The van der Waals surface area contributed by atoms with Crippen LogP contribution in [0.2, 0.25) is 0 Å². The number of ether oxygens (including phenoxy) is 1. The minimum atomic E-state index is 0.169. The molecule has 2 aliphatic rings. The number of hydrogen-bond donors (Lipinski definition) is 1. The van der Waals surface area contributed by atoms with E-state index in [0.29, 0.717) is 24.4 Å². The molecule has 0 saturated carbocycles. The monoisotopic (exact) mass is 218 g/mol. The van der Waals surface area contributed by atoms with Crippen LogP contribution in [0, 0.1) is 0 Å². The topological polar surface area (TPSA) is 41.6 Å². The third kappa shape index (κ3) is 2.19. The third-order valence-electron chi connectivity index (χ3n) is 2.65. The van der Waals surface area contributed by atoms with E-state index in [9.17, 15) is 4.79 Å². The van der Waals surface area contributed by atoms with E-state index >= 15 is 0 Å². The Morgan fingerprint density at radius 1 is 1.43 bits per heavy atom. The molecule has 0 bridgehead atoms. The third-order valence-corrected chi connectivity index (χ3v) is 2.84. The molecule has 2 heterocycles. The molecule has 0 atom stereocenters. The number of halogens is 1. The molecule has 0 aromatic rings. The van der Waals surface area contributed by atoms with Gasteiger partial charge in [-0.1, -0.05) is 0 Å². The Morgan fingerprint density at radius 3 is 2.64 bits per heavy atom. The Kier molecular flexibility index (Phi) is 3.26. The van der Waals surface area contributed by atoms with Crippen molar-refractivity contribution in [3.05, 3.63) is 0 Å². The summed E-state index contributed by atoms with van der Waals surface area (Å²) in [6, 6.07) is 0.966. The Labute approximate surface area is 88.5 Å². The van der Waals surface area contributed by atoms with Crippen molar-refractivity contribution in [2.75, 3.05) is 32.2 Å². The summed E-state index contributed by atoms with van der Waals surface area (Å²) in [4.78, 5) is 13.2. The summed E-state index contributed by atoms with van der Waals surface area (Å²) < 4.78 is 5.06. The van der Waals surface area contributed by atoms with E-state index in [4.69, 9.17) is 16.3 Å². The highest BCUT2D eigenvalue weighted by Gasteiger charge is 2.32. The number of amides is 1. The van der Waals surface area contributed by atoms with Crippen molar-refractivity contribution in [3.8, 4) is 0 Å². The Balaban J connectivity index is 1.61. The number of carbonyl (C=O) groups excluding carboxylic acids is 1. The molecule has 2 fully saturated rings. The van der Waals surface area contributed by atoms with Gasteiger partial charge in [0, 0.05) is 31.4 Å². The lowest BCUT2D eigenvalue weighted by Gasteiger charge is -2.43. The molecule has 2 saturated heterocycles. The van der Waals surface area contributed by atoms with Gasteiger partial charge in [-0.05, 0) is 0 Å². The number of rotatable bonds is 4. The minimum Gasteiger partial charge on any atom is -0.378 e. The average Bonchev–Trinajstić information content (AvgIpc) is 1.98. The van der Waals surface area contributed by atoms with Crippen molar-refractivity contribution in [2.24, 2.45) is 0 Å². The van der Waals surface area contributed by atoms with Gasteiger partial charge in [-0.15, -0.1) is 11.6 Å². The van der Waals surface area contributed by atoms with Crippen LogP contribution in [0.15, 0.2) is 0 Å². The van der Waals surface area contributed by atoms with Crippen molar-refractivity contribution in [2.45, 2.75) is 18.5 Å². The van der Waals surface area contributed by atoms with Crippen molar-refractivity contribution < 1.29 is 9.53 Å². The molecule has 80 valence electrons. The molecule has 4 nitrogen and oxygen atoms in total. The number of nitrogens with one attached hydrogen (secondary N) is 1. The van der Waals surface area contributed by atoms with E-state index in [1.54, 1.807) is 0 Å². The van der Waals surface area contributed by atoms with Gasteiger partial charge in [0.25, 0.3) is 0 Å². The van der Waals surface area contributed by atoms with Crippen molar-refractivity contribution in [3.63, 3.8) is 0 Å². The van der Waals surface area contributed by atoms with E-state index in [0.717, 1.165) is 26.3 Å². The molecule has 0 spiro atoms. The molecule has 0 radical (unpaired) electrons. The second-order valence-corrected chi connectivity index (χ2v) is 4.21. The molecule has 0 aliphatic carbocycles. The lowest BCUT2D eigenvalue weighted by atomic mass is 10.1. The Morgan fingerprint density at radius 2 is 2.14 bits per heavy atom. The van der Waals surface area contributed by atoms with Gasteiger partial charge in [-0.2, -0.15) is 0 Å². The molecular formula is C9H15ClN2O2. The van der Waals surface area contributed by atoms with Gasteiger partial charge in [0.05, 0.1) is 19.3 Å². The fourth-order valence-corrected chi connectivity index (χ4v) is 1.85. The van der Waals surface area contributed by atoms with Crippen LogP contribution in [0.3, 0.4) is 0 Å². The first-order valence-corrected chi connectivity index (χ1v) is 5.50. The Bertz CT molecular complexity index is 215. The number of likely N-dealkylation sites (tertiary alicyclic amines) is 1. The van der Waals surface area contributed by atoms with Crippen LogP contribution in [-0.4, -0.2) is 55.1 Å². The van der Waals surface area contributed by atoms with Crippen LogP contribution < -0.4 is 5.32 Å². The maximum absolute atomic E-state index is 11.3. The second kappa shape index (κ2) is 4.47. The quantitative estimate of drug-likeness (QED) is 0.666. The smallest absolute Gasteiger partial charge is 0.223 e. The van der Waals surface area contributed by atoms with Gasteiger partial charge in [0.2, 0.25) is 5.91 Å². The molecule has 0 aromatic carbocycles. The van der Waals surface area contributed by atoms with E-state index in [-0.39, 0.29) is 5.91 Å². The normalized spacial score (nSPS) is 23.1. The lowest BCUT2D eigenvalue weighted by molar-refractivity contribution is -0.136. The van der Waals surface area contributed by atoms with E-state index < -0.39 is 0 Å². The molecular weight excluding hydrogens is 204 g/mol. The van der Waals surface area contributed by atoms with Gasteiger partial charge >= 0.3 is 0 Å². The van der Waals surface area contributed by atoms with Gasteiger partial charge in [-0.3, -0.25) is 4.79 Å². The van der Waals surface area contributed by atoms with Crippen LogP contribution in [0.1, 0.15) is 6.42 Å². The van der Waals surface area contributed by atoms with Gasteiger partial charge < -0.3 is 15.0 Å². The molecule has 14 heavy (non-hydrogen) atoms. The zero-order valence-electron chi connectivity index (χ0n) is 8.04. The SMILES string of the molecule is O=C(CCCl)N1CC(NC2COC2)C1. The molecule has 2 aliphatic heterocycles. The van der Waals surface area contributed by atoms with E-state index in [2.05, 4.69) is 5.32 Å². The molecule has 1 amide bonds. The first kappa shape index (κ1) is 10.2. The fourth-order valence-electron chi connectivity index (χ4n) is 1.69. The standard InChI is InChI=1S/C9H15ClN2O2/c10-2-1-9(13)12-3-7(4-12)11-8-5-14-6-8/h7-8,11H,1-6H2. The molecule has 1 N–H and O–H groups in total. The molecule has 5 heteroatoms. The predicted octanol–water partition coefficient (Wildman–Crippen LogP) is -0.186. The summed E-state index contributed by atoms with van der Waals surface area (Å²) in [5.74, 6) is 0.590. The largest absolute Gasteiger partial charge is 0.378 e. The van der Waals surface area contributed by atoms with Crippen LogP contribution in [0.4, 0.5) is 0 Å². The highest BCUT2D eigenvalue weighted by Crippen LogP contribution is 2.12. The predicted molar refractivity (Wildman–Crippen MR) is 53.4 cm³/mol. The second-order valence-electron chi connectivity index (χ2n) is 3.84. The van der Waals surface area contributed by atoms with Crippen molar-refractivity contribution in [1.82, 2.24) is 10.2 Å². The number of carbonyl (C=O) groups is 1. The van der Waals surface area contributed by atoms with Crippen LogP contribution in [0.25, 0.3) is 0 Å². The van der Waals surface area contributed by atoms with Crippen LogP contribution in [-0.2, 0) is 9.53 Å². The highest BCUT2D eigenvalue weighted by atomic mass is 35.5. The van der Waals surface area contributed by atoms with Crippen LogP contribution in [0.5, 0.6) is 0 Å².